The summed E-state index contributed by atoms with van der Waals surface area (Å²) in [6.45, 7) is 2.11. The quantitative estimate of drug-likeness (QED) is 0.864. The number of hydrogen-bond donors (Lipinski definition) is 2. The lowest BCUT2D eigenvalue weighted by atomic mass is 10.0. The second kappa shape index (κ2) is 5.80. The van der Waals surface area contributed by atoms with Crippen molar-refractivity contribution in [2.24, 2.45) is 5.73 Å². The van der Waals surface area contributed by atoms with Crippen LogP contribution in [0, 0.1) is 6.92 Å². The van der Waals surface area contributed by atoms with Gasteiger partial charge in [0.15, 0.2) is 0 Å². The van der Waals surface area contributed by atoms with Crippen LogP contribution >= 0.6 is 0 Å². The van der Waals surface area contributed by atoms with Crippen LogP contribution in [0.3, 0.4) is 0 Å². The molecule has 0 spiro atoms. The van der Waals surface area contributed by atoms with E-state index in [9.17, 15) is 0 Å². The van der Waals surface area contributed by atoms with Crippen LogP contribution in [0.25, 0.3) is 11.1 Å². The fraction of sp³-hybridized carbons (Fsp3) is 0.250. The van der Waals surface area contributed by atoms with Crippen LogP contribution in [0.4, 0.5) is 0 Å². The van der Waals surface area contributed by atoms with Gasteiger partial charge < -0.3 is 10.8 Å². The van der Waals surface area contributed by atoms with Crippen LogP contribution in [-0.4, -0.2) is 17.8 Å². The van der Waals surface area contributed by atoms with Crippen LogP contribution in [-0.2, 0) is 6.42 Å². The van der Waals surface area contributed by atoms with Gasteiger partial charge in [0.05, 0.1) is 6.61 Å². The minimum Gasteiger partial charge on any atom is -0.395 e. The minimum atomic E-state index is -0.171. The molecule has 0 aliphatic rings. The van der Waals surface area contributed by atoms with E-state index in [4.69, 9.17) is 10.8 Å². The zero-order valence-corrected chi connectivity index (χ0v) is 10.6. The van der Waals surface area contributed by atoms with Crippen molar-refractivity contribution in [1.29, 1.82) is 0 Å². The molecule has 0 aliphatic heterocycles. The van der Waals surface area contributed by atoms with E-state index in [0.29, 0.717) is 6.42 Å². The number of nitrogens with two attached hydrogens (primary N) is 1. The Morgan fingerprint density at radius 2 is 1.44 bits per heavy atom. The highest BCUT2D eigenvalue weighted by atomic mass is 16.3. The van der Waals surface area contributed by atoms with Gasteiger partial charge in [0, 0.05) is 6.04 Å². The summed E-state index contributed by atoms with van der Waals surface area (Å²) in [4.78, 5) is 0. The van der Waals surface area contributed by atoms with E-state index in [1.165, 1.54) is 16.7 Å². The van der Waals surface area contributed by atoms with Crippen molar-refractivity contribution in [3.63, 3.8) is 0 Å². The van der Waals surface area contributed by atoms with Gasteiger partial charge in [-0.3, -0.25) is 0 Å². The molecule has 2 aromatic rings. The lowest BCUT2D eigenvalue weighted by Crippen LogP contribution is -2.26. The van der Waals surface area contributed by atoms with Gasteiger partial charge >= 0.3 is 0 Å². The second-order valence-electron chi connectivity index (χ2n) is 4.71. The SMILES string of the molecule is Cc1ccc(-c2ccc(CC(N)CO)cc2)cc1. The monoisotopic (exact) mass is 241 g/mol. The Labute approximate surface area is 108 Å². The first kappa shape index (κ1) is 12.8. The first-order chi connectivity index (χ1) is 8.69. The Bertz CT molecular complexity index is 488. The van der Waals surface area contributed by atoms with E-state index >= 15 is 0 Å². The van der Waals surface area contributed by atoms with Crippen molar-refractivity contribution in [3.05, 3.63) is 59.7 Å². The first-order valence-electron chi connectivity index (χ1n) is 6.21. The van der Waals surface area contributed by atoms with Gasteiger partial charge in [-0.2, -0.15) is 0 Å². The van der Waals surface area contributed by atoms with Gasteiger partial charge in [-0.15, -0.1) is 0 Å². The van der Waals surface area contributed by atoms with Crippen molar-refractivity contribution >= 4 is 0 Å². The minimum absolute atomic E-state index is 0.0275. The number of hydrogen-bond acceptors (Lipinski definition) is 2. The highest BCUT2D eigenvalue weighted by Crippen LogP contribution is 2.20. The summed E-state index contributed by atoms with van der Waals surface area (Å²) < 4.78 is 0. The average molecular weight is 241 g/mol. The Balaban J connectivity index is 2.14. The van der Waals surface area contributed by atoms with Gasteiger partial charge in [0.1, 0.15) is 0 Å². The van der Waals surface area contributed by atoms with Gasteiger partial charge in [-0.1, -0.05) is 54.1 Å². The molecule has 0 heterocycles. The van der Waals surface area contributed by atoms with Crippen LogP contribution < -0.4 is 5.73 Å². The summed E-state index contributed by atoms with van der Waals surface area (Å²) in [6, 6.07) is 16.7. The molecule has 2 heteroatoms. The summed E-state index contributed by atoms with van der Waals surface area (Å²) in [5.41, 5.74) is 10.6. The molecule has 2 aromatic carbocycles. The Hall–Kier alpha value is -1.64. The van der Waals surface area contributed by atoms with Gasteiger partial charge in [-0.05, 0) is 30.0 Å². The number of aliphatic hydroxyl groups excluding tert-OH is 1. The third kappa shape index (κ3) is 3.19. The molecule has 0 amide bonds. The van der Waals surface area contributed by atoms with Crippen molar-refractivity contribution in [1.82, 2.24) is 0 Å². The summed E-state index contributed by atoms with van der Waals surface area (Å²) in [5.74, 6) is 0. The Kier molecular flexibility index (Phi) is 4.13. The molecule has 0 saturated heterocycles. The van der Waals surface area contributed by atoms with E-state index in [2.05, 4.69) is 55.5 Å². The number of aliphatic hydroxyl groups is 1. The van der Waals surface area contributed by atoms with E-state index in [-0.39, 0.29) is 12.6 Å². The standard InChI is InChI=1S/C16H19NO/c1-12-2-6-14(7-3-12)15-8-4-13(5-9-15)10-16(17)11-18/h2-9,16,18H,10-11,17H2,1H3. The zero-order chi connectivity index (χ0) is 13.0. The fourth-order valence-corrected chi connectivity index (χ4v) is 1.95. The molecule has 0 aromatic heterocycles. The van der Waals surface area contributed by atoms with Crippen molar-refractivity contribution in [2.45, 2.75) is 19.4 Å². The molecule has 2 rings (SSSR count). The fourth-order valence-electron chi connectivity index (χ4n) is 1.95. The van der Waals surface area contributed by atoms with E-state index in [0.717, 1.165) is 5.56 Å². The first-order valence-corrected chi connectivity index (χ1v) is 6.21. The maximum atomic E-state index is 8.93. The lowest BCUT2D eigenvalue weighted by Gasteiger charge is -2.09. The summed E-state index contributed by atoms with van der Waals surface area (Å²) in [7, 11) is 0. The molecule has 3 N–H and O–H groups in total. The number of benzene rings is 2. The van der Waals surface area contributed by atoms with Crippen molar-refractivity contribution in [2.75, 3.05) is 6.61 Å². The summed E-state index contributed by atoms with van der Waals surface area (Å²) in [5, 5.41) is 8.93. The van der Waals surface area contributed by atoms with Gasteiger partial charge in [0.25, 0.3) is 0 Å². The predicted molar refractivity (Wildman–Crippen MR) is 75.4 cm³/mol. The largest absolute Gasteiger partial charge is 0.395 e. The molecule has 0 bridgehead atoms. The smallest absolute Gasteiger partial charge is 0.0585 e. The lowest BCUT2D eigenvalue weighted by molar-refractivity contribution is 0.265. The van der Waals surface area contributed by atoms with Gasteiger partial charge in [0.2, 0.25) is 0 Å². The highest BCUT2D eigenvalue weighted by Gasteiger charge is 2.03. The molecule has 94 valence electrons. The van der Waals surface area contributed by atoms with Crippen molar-refractivity contribution in [3.8, 4) is 11.1 Å². The van der Waals surface area contributed by atoms with E-state index in [1.54, 1.807) is 0 Å². The molecule has 18 heavy (non-hydrogen) atoms. The molecule has 1 atom stereocenters. The van der Waals surface area contributed by atoms with Crippen LogP contribution in [0.2, 0.25) is 0 Å². The van der Waals surface area contributed by atoms with Crippen molar-refractivity contribution < 1.29 is 5.11 Å². The third-order valence-corrected chi connectivity index (χ3v) is 3.07. The number of rotatable bonds is 4. The topological polar surface area (TPSA) is 46.2 Å². The zero-order valence-electron chi connectivity index (χ0n) is 10.6. The average Bonchev–Trinajstić information content (AvgIpc) is 2.40. The van der Waals surface area contributed by atoms with Crippen LogP contribution in [0.15, 0.2) is 48.5 Å². The molecule has 2 nitrogen and oxygen atoms in total. The van der Waals surface area contributed by atoms with E-state index < -0.39 is 0 Å². The molecule has 0 fully saturated rings. The van der Waals surface area contributed by atoms with E-state index in [1.807, 2.05) is 0 Å². The van der Waals surface area contributed by atoms with Crippen LogP contribution in [0.5, 0.6) is 0 Å². The normalized spacial score (nSPS) is 12.4. The molecule has 0 saturated carbocycles. The third-order valence-electron chi connectivity index (χ3n) is 3.07. The molecular weight excluding hydrogens is 222 g/mol. The summed E-state index contributed by atoms with van der Waals surface area (Å²) >= 11 is 0. The molecular formula is C16H19NO. The Morgan fingerprint density at radius 3 is 1.94 bits per heavy atom. The van der Waals surface area contributed by atoms with Crippen LogP contribution in [0.1, 0.15) is 11.1 Å². The summed E-state index contributed by atoms with van der Waals surface area (Å²) in [6.07, 6.45) is 0.713. The highest BCUT2D eigenvalue weighted by molar-refractivity contribution is 5.63. The Morgan fingerprint density at radius 1 is 0.944 bits per heavy atom. The molecule has 0 radical (unpaired) electrons. The maximum Gasteiger partial charge on any atom is 0.0585 e. The predicted octanol–water partition coefficient (Wildman–Crippen LogP) is 2.52. The maximum absolute atomic E-state index is 8.93. The van der Waals surface area contributed by atoms with Gasteiger partial charge in [-0.25, -0.2) is 0 Å². The molecule has 0 aliphatic carbocycles. The number of aryl methyl sites for hydroxylation is 1. The molecule has 1 unspecified atom stereocenters. The second-order valence-corrected chi connectivity index (χ2v) is 4.71.